The van der Waals surface area contributed by atoms with Gasteiger partial charge in [0.25, 0.3) is 0 Å². The number of rotatable bonds is 2. The second-order valence-corrected chi connectivity index (χ2v) is 5.49. The molecule has 0 aromatic heterocycles. The van der Waals surface area contributed by atoms with Gasteiger partial charge in [0, 0.05) is 11.0 Å². The number of fused-ring (bicyclic) bond motifs is 1. The van der Waals surface area contributed by atoms with E-state index in [1.165, 1.54) is 16.7 Å². The van der Waals surface area contributed by atoms with E-state index in [1.807, 2.05) is 6.07 Å². The average Bonchev–Trinajstić information content (AvgIpc) is 2.53. The predicted molar refractivity (Wildman–Crippen MR) is 70.8 cm³/mol. The van der Waals surface area contributed by atoms with Gasteiger partial charge in [-0.1, -0.05) is 25.5 Å². The van der Waals surface area contributed by atoms with Crippen LogP contribution in [0.4, 0.5) is 0 Å². The SMILES string of the molecule is COc1cc(C=C(C)C)cc2c1OCC2(C)C. The van der Waals surface area contributed by atoms with Gasteiger partial charge in [-0.05, 0) is 31.5 Å². The van der Waals surface area contributed by atoms with Gasteiger partial charge in [-0.2, -0.15) is 0 Å². The molecule has 2 nitrogen and oxygen atoms in total. The normalized spacial score (nSPS) is 16.1. The largest absolute Gasteiger partial charge is 0.493 e. The molecule has 0 spiro atoms. The molecule has 2 heteroatoms. The average molecular weight is 232 g/mol. The van der Waals surface area contributed by atoms with Crippen LogP contribution in [0, 0.1) is 0 Å². The van der Waals surface area contributed by atoms with E-state index in [4.69, 9.17) is 9.47 Å². The molecule has 1 aliphatic heterocycles. The van der Waals surface area contributed by atoms with Crippen LogP contribution in [0.5, 0.6) is 11.5 Å². The fourth-order valence-corrected chi connectivity index (χ4v) is 2.17. The van der Waals surface area contributed by atoms with E-state index in [9.17, 15) is 0 Å². The van der Waals surface area contributed by atoms with E-state index in [0.717, 1.165) is 18.1 Å². The standard InChI is InChI=1S/C15H20O2/c1-10(2)6-11-7-12-14(13(8-11)16-5)17-9-15(12,3)4/h6-8H,9H2,1-5H3. The van der Waals surface area contributed by atoms with Gasteiger partial charge in [-0.15, -0.1) is 0 Å². The van der Waals surface area contributed by atoms with E-state index >= 15 is 0 Å². The van der Waals surface area contributed by atoms with Crippen molar-refractivity contribution >= 4 is 6.08 Å². The van der Waals surface area contributed by atoms with Gasteiger partial charge in [0.15, 0.2) is 11.5 Å². The lowest BCUT2D eigenvalue weighted by Crippen LogP contribution is -2.18. The van der Waals surface area contributed by atoms with Crippen LogP contribution in [-0.4, -0.2) is 13.7 Å². The Morgan fingerprint density at radius 3 is 2.65 bits per heavy atom. The molecule has 1 aromatic carbocycles. The van der Waals surface area contributed by atoms with E-state index in [-0.39, 0.29) is 5.41 Å². The van der Waals surface area contributed by atoms with Gasteiger partial charge in [-0.25, -0.2) is 0 Å². The van der Waals surface area contributed by atoms with Gasteiger partial charge in [0.05, 0.1) is 13.7 Å². The first kappa shape index (κ1) is 12.0. The Hall–Kier alpha value is -1.44. The third kappa shape index (κ3) is 2.17. The summed E-state index contributed by atoms with van der Waals surface area (Å²) in [6.07, 6.45) is 2.16. The molecule has 0 saturated carbocycles. The summed E-state index contributed by atoms with van der Waals surface area (Å²) in [5.74, 6) is 1.74. The van der Waals surface area contributed by atoms with Gasteiger partial charge in [0.2, 0.25) is 0 Å². The number of ether oxygens (including phenoxy) is 2. The van der Waals surface area contributed by atoms with Crippen molar-refractivity contribution in [1.29, 1.82) is 0 Å². The Balaban J connectivity index is 2.59. The van der Waals surface area contributed by atoms with Gasteiger partial charge < -0.3 is 9.47 Å². The summed E-state index contributed by atoms with van der Waals surface area (Å²) < 4.78 is 11.2. The first-order valence-electron chi connectivity index (χ1n) is 5.94. The zero-order valence-electron chi connectivity index (χ0n) is 11.3. The minimum Gasteiger partial charge on any atom is -0.493 e. The molecule has 0 amide bonds. The van der Waals surface area contributed by atoms with Gasteiger partial charge in [0.1, 0.15) is 0 Å². The topological polar surface area (TPSA) is 18.5 Å². The van der Waals surface area contributed by atoms with Crippen LogP contribution in [0.15, 0.2) is 17.7 Å². The third-order valence-corrected chi connectivity index (χ3v) is 3.06. The minimum absolute atomic E-state index is 0.0636. The van der Waals surface area contributed by atoms with E-state index in [1.54, 1.807) is 7.11 Å². The maximum atomic E-state index is 5.75. The number of allylic oxidation sites excluding steroid dienone is 1. The lowest BCUT2D eigenvalue weighted by Gasteiger charge is -2.16. The van der Waals surface area contributed by atoms with Crippen LogP contribution in [0.2, 0.25) is 0 Å². The fourth-order valence-electron chi connectivity index (χ4n) is 2.17. The number of benzene rings is 1. The van der Waals surface area contributed by atoms with Crippen molar-refractivity contribution in [2.75, 3.05) is 13.7 Å². The highest BCUT2D eigenvalue weighted by atomic mass is 16.5. The maximum absolute atomic E-state index is 5.75. The fraction of sp³-hybridized carbons (Fsp3) is 0.467. The lowest BCUT2D eigenvalue weighted by molar-refractivity contribution is 0.279. The molecular formula is C15H20O2. The summed E-state index contributed by atoms with van der Waals surface area (Å²) in [7, 11) is 1.69. The highest BCUT2D eigenvalue weighted by Crippen LogP contribution is 2.45. The molecule has 0 aliphatic carbocycles. The molecule has 1 aromatic rings. The maximum Gasteiger partial charge on any atom is 0.165 e. The minimum atomic E-state index is 0.0636. The summed E-state index contributed by atoms with van der Waals surface area (Å²) in [4.78, 5) is 0. The Morgan fingerprint density at radius 1 is 1.35 bits per heavy atom. The van der Waals surface area contributed by atoms with Crippen LogP contribution in [0.25, 0.3) is 6.08 Å². The molecule has 17 heavy (non-hydrogen) atoms. The quantitative estimate of drug-likeness (QED) is 0.772. The van der Waals surface area contributed by atoms with Crippen LogP contribution >= 0.6 is 0 Å². The van der Waals surface area contributed by atoms with Crippen molar-refractivity contribution in [3.05, 3.63) is 28.8 Å². The molecule has 0 N–H and O–H groups in total. The Kier molecular flexibility index (Phi) is 2.90. The van der Waals surface area contributed by atoms with Crippen molar-refractivity contribution in [2.45, 2.75) is 33.1 Å². The van der Waals surface area contributed by atoms with Crippen LogP contribution in [0.1, 0.15) is 38.8 Å². The highest BCUT2D eigenvalue weighted by molar-refractivity contribution is 5.63. The molecule has 0 atom stereocenters. The Labute approximate surface area is 103 Å². The summed E-state index contributed by atoms with van der Waals surface area (Å²) in [6.45, 7) is 9.31. The van der Waals surface area contributed by atoms with Crippen LogP contribution in [-0.2, 0) is 5.41 Å². The zero-order chi connectivity index (χ0) is 12.6. The van der Waals surface area contributed by atoms with E-state index in [2.05, 4.69) is 39.8 Å². The molecule has 0 fully saturated rings. The molecule has 0 radical (unpaired) electrons. The third-order valence-electron chi connectivity index (χ3n) is 3.06. The van der Waals surface area contributed by atoms with Crippen molar-refractivity contribution in [1.82, 2.24) is 0 Å². The molecule has 1 aliphatic rings. The molecular weight excluding hydrogens is 212 g/mol. The second kappa shape index (κ2) is 4.10. The Morgan fingerprint density at radius 2 is 2.06 bits per heavy atom. The zero-order valence-corrected chi connectivity index (χ0v) is 11.3. The molecule has 0 saturated heterocycles. The van der Waals surface area contributed by atoms with Crippen LogP contribution < -0.4 is 9.47 Å². The van der Waals surface area contributed by atoms with Crippen molar-refractivity contribution in [3.63, 3.8) is 0 Å². The molecule has 2 rings (SSSR count). The Bertz CT molecular complexity index is 466. The van der Waals surface area contributed by atoms with E-state index in [0.29, 0.717) is 0 Å². The smallest absolute Gasteiger partial charge is 0.165 e. The lowest BCUT2D eigenvalue weighted by atomic mass is 9.86. The first-order chi connectivity index (χ1) is 7.94. The molecule has 0 bridgehead atoms. The molecule has 92 valence electrons. The number of hydrogen-bond acceptors (Lipinski definition) is 2. The van der Waals surface area contributed by atoms with Gasteiger partial charge >= 0.3 is 0 Å². The first-order valence-corrected chi connectivity index (χ1v) is 5.94. The molecule has 0 unspecified atom stereocenters. The van der Waals surface area contributed by atoms with Crippen molar-refractivity contribution < 1.29 is 9.47 Å². The summed E-state index contributed by atoms with van der Waals surface area (Å²) in [5.41, 5.74) is 3.76. The summed E-state index contributed by atoms with van der Waals surface area (Å²) in [5, 5.41) is 0. The second-order valence-electron chi connectivity index (χ2n) is 5.49. The van der Waals surface area contributed by atoms with Crippen LogP contribution in [0.3, 0.4) is 0 Å². The van der Waals surface area contributed by atoms with E-state index < -0.39 is 0 Å². The monoisotopic (exact) mass is 232 g/mol. The van der Waals surface area contributed by atoms with Crippen molar-refractivity contribution in [3.8, 4) is 11.5 Å². The number of methoxy groups -OCH3 is 1. The predicted octanol–water partition coefficient (Wildman–Crippen LogP) is 3.79. The summed E-state index contributed by atoms with van der Waals surface area (Å²) >= 11 is 0. The summed E-state index contributed by atoms with van der Waals surface area (Å²) in [6, 6.07) is 4.24. The highest BCUT2D eigenvalue weighted by Gasteiger charge is 2.34. The van der Waals surface area contributed by atoms with Gasteiger partial charge in [-0.3, -0.25) is 0 Å². The van der Waals surface area contributed by atoms with Crippen molar-refractivity contribution in [2.24, 2.45) is 0 Å². The number of hydrogen-bond donors (Lipinski definition) is 0. The molecule has 1 heterocycles.